The van der Waals surface area contributed by atoms with Gasteiger partial charge in [0.05, 0.1) is 0 Å². The highest BCUT2D eigenvalue weighted by molar-refractivity contribution is 6.21. The number of para-hydroxylation sites is 1. The van der Waals surface area contributed by atoms with Gasteiger partial charge in [-0.1, -0.05) is 18.2 Å². The largest absolute Gasteiger partial charge is 0.404 e. The van der Waals surface area contributed by atoms with Crippen molar-refractivity contribution in [2.75, 3.05) is 0 Å². The number of H-pyrrole nitrogens is 1. The first kappa shape index (κ1) is 8.50. The van der Waals surface area contributed by atoms with E-state index in [1.165, 1.54) is 0 Å². The average Bonchev–Trinajstić information content (AvgIpc) is 2.59. The van der Waals surface area contributed by atoms with Gasteiger partial charge in [0.15, 0.2) is 0 Å². The Bertz CT molecular complexity index is 454. The van der Waals surface area contributed by atoms with Gasteiger partial charge in [-0.05, 0) is 6.07 Å². The summed E-state index contributed by atoms with van der Waals surface area (Å²) in [4.78, 5) is 23.5. The van der Waals surface area contributed by atoms with Gasteiger partial charge in [0.1, 0.15) is 0 Å². The maximum absolute atomic E-state index is 10.6. The molecule has 1 N–H and O–H groups in total. The Morgan fingerprint density at radius 1 is 1.36 bits per heavy atom. The van der Waals surface area contributed by atoms with Crippen LogP contribution >= 0.6 is 0 Å². The summed E-state index contributed by atoms with van der Waals surface area (Å²) in [6.45, 7) is 0. The van der Waals surface area contributed by atoms with Crippen molar-refractivity contribution < 1.29 is 14.3 Å². The van der Waals surface area contributed by atoms with Crippen molar-refractivity contribution in [3.63, 3.8) is 0 Å². The second kappa shape index (κ2) is 3.33. The van der Waals surface area contributed by atoms with Crippen LogP contribution in [-0.2, 0) is 9.59 Å². The van der Waals surface area contributed by atoms with Gasteiger partial charge in [-0.2, -0.15) is 0 Å². The third-order valence-electron chi connectivity index (χ3n) is 1.81. The number of rotatable bonds is 2. The minimum absolute atomic E-state index is 0.130. The first-order valence-corrected chi connectivity index (χ1v) is 4.04. The molecule has 1 aromatic carbocycles. The summed E-state index contributed by atoms with van der Waals surface area (Å²) in [6, 6.07) is 9.14. The lowest BCUT2D eigenvalue weighted by Gasteiger charge is -1.92. The summed E-state index contributed by atoms with van der Waals surface area (Å²) in [5, 5.41) is 0.932. The molecule has 14 heavy (non-hydrogen) atoms. The molecule has 2 aromatic rings. The van der Waals surface area contributed by atoms with E-state index in [0.717, 1.165) is 10.9 Å². The maximum atomic E-state index is 10.6. The van der Waals surface area contributed by atoms with Crippen LogP contribution in [0.5, 0.6) is 5.88 Å². The Hall–Kier alpha value is -2.10. The molecule has 0 unspecified atom stereocenters. The van der Waals surface area contributed by atoms with Gasteiger partial charge in [-0.25, -0.2) is 4.79 Å². The number of aldehydes is 1. The topological polar surface area (TPSA) is 59.2 Å². The van der Waals surface area contributed by atoms with Crippen LogP contribution in [0.3, 0.4) is 0 Å². The zero-order valence-electron chi connectivity index (χ0n) is 7.19. The first-order chi connectivity index (χ1) is 6.79. The molecular weight excluding hydrogens is 182 g/mol. The second-order valence-electron chi connectivity index (χ2n) is 2.76. The fraction of sp³-hybridized carbons (Fsp3) is 0. The number of carbonyl (C=O) groups is 2. The number of fused-ring (bicyclic) bond motifs is 1. The fourth-order valence-corrected chi connectivity index (χ4v) is 1.23. The highest BCUT2D eigenvalue weighted by Crippen LogP contribution is 2.19. The van der Waals surface area contributed by atoms with Gasteiger partial charge >= 0.3 is 5.97 Å². The molecule has 0 saturated heterocycles. The number of ether oxygens (including phenoxy) is 1. The zero-order chi connectivity index (χ0) is 9.97. The number of aromatic amines is 1. The van der Waals surface area contributed by atoms with Crippen LogP contribution in [0.4, 0.5) is 0 Å². The quantitative estimate of drug-likeness (QED) is 0.439. The summed E-state index contributed by atoms with van der Waals surface area (Å²) in [6.07, 6.45) is 0.130. The Morgan fingerprint density at radius 2 is 2.14 bits per heavy atom. The summed E-state index contributed by atoms with van der Waals surface area (Å²) in [7, 11) is 0. The number of hydrogen-bond acceptors (Lipinski definition) is 3. The lowest BCUT2D eigenvalue weighted by atomic mass is 10.3. The number of aromatic nitrogens is 1. The summed E-state index contributed by atoms with van der Waals surface area (Å²) in [5.41, 5.74) is 0.862. The third kappa shape index (κ3) is 1.50. The van der Waals surface area contributed by atoms with Crippen molar-refractivity contribution >= 4 is 23.2 Å². The van der Waals surface area contributed by atoms with Crippen LogP contribution in [0.25, 0.3) is 10.9 Å². The van der Waals surface area contributed by atoms with Crippen LogP contribution in [0.2, 0.25) is 0 Å². The minimum Gasteiger partial charge on any atom is -0.404 e. The van der Waals surface area contributed by atoms with Crippen LogP contribution in [0, 0.1) is 0 Å². The molecule has 0 spiro atoms. The smallest absolute Gasteiger partial charge is 0.377 e. The van der Waals surface area contributed by atoms with Gasteiger partial charge in [0.25, 0.3) is 0 Å². The van der Waals surface area contributed by atoms with E-state index in [9.17, 15) is 9.59 Å². The number of carbonyl (C=O) groups excluding carboxylic acids is 2. The van der Waals surface area contributed by atoms with Crippen LogP contribution < -0.4 is 4.74 Å². The Kier molecular flexibility index (Phi) is 2.02. The highest BCUT2D eigenvalue weighted by Gasteiger charge is 2.05. The summed E-state index contributed by atoms with van der Waals surface area (Å²) >= 11 is 0. The van der Waals surface area contributed by atoms with E-state index in [1.807, 2.05) is 24.3 Å². The molecule has 1 aromatic heterocycles. The zero-order valence-corrected chi connectivity index (χ0v) is 7.19. The first-order valence-electron chi connectivity index (χ1n) is 4.04. The molecule has 0 amide bonds. The van der Waals surface area contributed by atoms with Crippen molar-refractivity contribution in [2.24, 2.45) is 0 Å². The van der Waals surface area contributed by atoms with Crippen LogP contribution in [0.1, 0.15) is 0 Å². The van der Waals surface area contributed by atoms with Crippen LogP contribution in [-0.4, -0.2) is 17.2 Å². The molecule has 0 atom stereocenters. The number of nitrogens with one attached hydrogen (secondary N) is 1. The SMILES string of the molecule is O=CC(=O)Oc1cc2ccccc2[nH]1. The summed E-state index contributed by atoms with van der Waals surface area (Å²) < 4.78 is 4.69. The molecule has 0 radical (unpaired) electrons. The third-order valence-corrected chi connectivity index (χ3v) is 1.81. The molecular formula is C10H7NO3. The molecule has 0 saturated carbocycles. The van der Waals surface area contributed by atoms with E-state index >= 15 is 0 Å². The Labute approximate surface area is 79.5 Å². The molecule has 2 rings (SSSR count). The van der Waals surface area contributed by atoms with Crippen molar-refractivity contribution in [3.05, 3.63) is 30.3 Å². The number of hydrogen-bond donors (Lipinski definition) is 1. The molecule has 0 fully saturated rings. The van der Waals surface area contributed by atoms with E-state index in [0.29, 0.717) is 0 Å². The predicted molar refractivity (Wildman–Crippen MR) is 50.0 cm³/mol. The normalized spacial score (nSPS) is 10.0. The van der Waals surface area contributed by atoms with Gasteiger partial charge in [-0.3, -0.25) is 4.79 Å². The molecule has 0 aliphatic rings. The predicted octanol–water partition coefficient (Wildman–Crippen LogP) is 1.27. The van der Waals surface area contributed by atoms with Crippen molar-refractivity contribution in [1.82, 2.24) is 4.98 Å². The highest BCUT2D eigenvalue weighted by atomic mass is 16.5. The molecule has 1 heterocycles. The van der Waals surface area contributed by atoms with Crippen LogP contribution in [0.15, 0.2) is 30.3 Å². The monoisotopic (exact) mass is 189 g/mol. The standard InChI is InChI=1S/C10H7NO3/c12-6-10(13)14-9-5-7-3-1-2-4-8(7)11-9/h1-6,11H. The van der Waals surface area contributed by atoms with E-state index in [1.54, 1.807) is 6.07 Å². The van der Waals surface area contributed by atoms with E-state index in [4.69, 9.17) is 0 Å². The van der Waals surface area contributed by atoms with Gasteiger partial charge in [-0.15, -0.1) is 0 Å². The minimum atomic E-state index is -0.906. The number of benzene rings is 1. The number of esters is 1. The van der Waals surface area contributed by atoms with Gasteiger partial charge < -0.3 is 9.72 Å². The fourth-order valence-electron chi connectivity index (χ4n) is 1.23. The van der Waals surface area contributed by atoms with E-state index < -0.39 is 5.97 Å². The summed E-state index contributed by atoms with van der Waals surface area (Å²) in [5.74, 6) is -0.625. The molecule has 70 valence electrons. The molecule has 4 heteroatoms. The Morgan fingerprint density at radius 3 is 2.86 bits per heavy atom. The van der Waals surface area contributed by atoms with Gasteiger partial charge in [0, 0.05) is 17.0 Å². The van der Waals surface area contributed by atoms with Crippen molar-refractivity contribution in [3.8, 4) is 5.88 Å². The Balaban J connectivity index is 2.35. The lowest BCUT2D eigenvalue weighted by Crippen LogP contribution is -2.08. The van der Waals surface area contributed by atoms with Gasteiger partial charge in [0.2, 0.25) is 12.2 Å². The second-order valence-corrected chi connectivity index (χ2v) is 2.76. The van der Waals surface area contributed by atoms with E-state index in [2.05, 4.69) is 9.72 Å². The molecule has 4 nitrogen and oxygen atoms in total. The van der Waals surface area contributed by atoms with E-state index in [-0.39, 0.29) is 12.2 Å². The van der Waals surface area contributed by atoms with Crippen molar-refractivity contribution in [2.45, 2.75) is 0 Å². The van der Waals surface area contributed by atoms with Crippen molar-refractivity contribution in [1.29, 1.82) is 0 Å². The molecule has 0 aliphatic heterocycles. The molecule has 0 aliphatic carbocycles. The lowest BCUT2D eigenvalue weighted by molar-refractivity contribution is -0.141. The average molecular weight is 189 g/mol. The molecule has 0 bridgehead atoms. The maximum Gasteiger partial charge on any atom is 0.377 e.